The maximum Gasteiger partial charge on any atom is 0.410 e. The third-order valence-electron chi connectivity index (χ3n) is 5.25. The van der Waals surface area contributed by atoms with E-state index in [2.05, 4.69) is 5.32 Å². The number of carbonyl (C=O) groups excluding carboxylic acids is 2. The van der Waals surface area contributed by atoms with E-state index in [0.717, 1.165) is 26.8 Å². The van der Waals surface area contributed by atoms with Crippen LogP contribution in [-0.2, 0) is 27.3 Å². The van der Waals surface area contributed by atoms with Crippen molar-refractivity contribution in [3.05, 3.63) is 83.9 Å². The van der Waals surface area contributed by atoms with Gasteiger partial charge >= 0.3 is 18.2 Å². The van der Waals surface area contributed by atoms with Crippen LogP contribution in [-0.4, -0.2) is 52.9 Å². The van der Waals surface area contributed by atoms with Crippen LogP contribution in [0.3, 0.4) is 0 Å². The number of carbonyl (C=O) groups is 3. The molecule has 0 saturated heterocycles. The summed E-state index contributed by atoms with van der Waals surface area (Å²) < 4.78 is 10.8. The maximum atomic E-state index is 12.8. The Kier molecular flexibility index (Phi) is 8.89. The number of benzene rings is 3. The molecule has 3 rings (SSSR count). The summed E-state index contributed by atoms with van der Waals surface area (Å²) in [7, 11) is 0. The van der Waals surface area contributed by atoms with Crippen molar-refractivity contribution in [1.29, 1.82) is 0 Å². The predicted octanol–water partition coefficient (Wildman–Crippen LogP) is 5.00. The minimum Gasteiger partial charge on any atom is -0.480 e. The lowest BCUT2D eigenvalue weighted by molar-refractivity contribution is -0.138. The zero-order valence-corrected chi connectivity index (χ0v) is 20.8. The van der Waals surface area contributed by atoms with Crippen molar-refractivity contribution in [2.45, 2.75) is 45.4 Å². The maximum absolute atomic E-state index is 12.8. The van der Waals surface area contributed by atoms with Gasteiger partial charge in [0.1, 0.15) is 18.8 Å². The van der Waals surface area contributed by atoms with Crippen LogP contribution in [0.2, 0.25) is 0 Å². The van der Waals surface area contributed by atoms with Crippen molar-refractivity contribution in [3.8, 4) is 0 Å². The molecule has 0 spiro atoms. The Labute approximate surface area is 210 Å². The van der Waals surface area contributed by atoms with Crippen LogP contribution in [0, 0.1) is 0 Å². The van der Waals surface area contributed by atoms with Crippen molar-refractivity contribution < 1.29 is 29.0 Å². The number of carboxylic acids is 1. The lowest BCUT2D eigenvalue weighted by atomic mass is 10.0. The molecule has 0 radical (unpaired) electrons. The van der Waals surface area contributed by atoms with Gasteiger partial charge in [0.05, 0.1) is 6.04 Å². The number of alkyl carbamates (subject to hydrolysis) is 1. The molecule has 3 aromatic rings. The normalized spacial score (nSPS) is 12.0. The molecule has 0 fully saturated rings. The number of nitrogens with zero attached hydrogens (tertiary/aromatic N) is 1. The van der Waals surface area contributed by atoms with Crippen molar-refractivity contribution in [2.75, 3.05) is 13.1 Å². The van der Waals surface area contributed by atoms with Crippen LogP contribution in [0.15, 0.2) is 72.8 Å². The van der Waals surface area contributed by atoms with E-state index < -0.39 is 36.3 Å². The molecule has 0 saturated carbocycles. The molecule has 2 amide bonds. The number of carboxylic acid groups (broad SMARTS) is 1. The third kappa shape index (κ3) is 8.61. The minimum atomic E-state index is -1.19. The van der Waals surface area contributed by atoms with E-state index in [0.29, 0.717) is 6.42 Å². The SMILES string of the molecule is CC(C)(C)OC(=O)N[C@@H](Cc1ccc2ccccc2c1)CN(CC(=O)O)C(=O)OCc1ccccc1. The standard InChI is InChI=1S/C28H32N2O6/c1-28(2,3)36-26(33)29-24(16-21-13-14-22-11-7-8-12-23(22)15-21)17-30(18-25(31)32)27(34)35-19-20-9-5-4-6-10-20/h4-15,24H,16-19H2,1-3H3,(H,29,33)(H,31,32)/t24-/m0/s1. The molecule has 0 bridgehead atoms. The zero-order chi connectivity index (χ0) is 26.1. The lowest BCUT2D eigenvalue weighted by Crippen LogP contribution is -2.49. The second kappa shape index (κ2) is 12.1. The molecule has 0 aliphatic carbocycles. The molecule has 0 heterocycles. The molecule has 2 N–H and O–H groups in total. The molecule has 0 aromatic heterocycles. The smallest absolute Gasteiger partial charge is 0.410 e. The number of rotatable bonds is 9. The second-order valence-corrected chi connectivity index (χ2v) is 9.54. The number of hydrogen-bond acceptors (Lipinski definition) is 5. The van der Waals surface area contributed by atoms with Gasteiger partial charge in [-0.3, -0.25) is 9.69 Å². The van der Waals surface area contributed by atoms with Crippen molar-refractivity contribution in [1.82, 2.24) is 10.2 Å². The molecule has 190 valence electrons. The van der Waals surface area contributed by atoms with Gasteiger partial charge in [-0.1, -0.05) is 72.8 Å². The minimum absolute atomic E-state index is 0.00459. The highest BCUT2D eigenvalue weighted by atomic mass is 16.6. The first kappa shape index (κ1) is 26.5. The average Bonchev–Trinajstić information content (AvgIpc) is 2.81. The topological polar surface area (TPSA) is 105 Å². The van der Waals surface area contributed by atoms with E-state index in [4.69, 9.17) is 9.47 Å². The summed E-state index contributed by atoms with van der Waals surface area (Å²) in [6, 6.07) is 22.3. The zero-order valence-electron chi connectivity index (χ0n) is 20.8. The Bertz CT molecular complexity index is 1190. The van der Waals surface area contributed by atoms with Gasteiger partial charge in [-0.25, -0.2) is 9.59 Å². The molecule has 0 unspecified atom stereocenters. The van der Waals surface area contributed by atoms with Crippen LogP contribution in [0.5, 0.6) is 0 Å². The molecule has 0 aliphatic heterocycles. The monoisotopic (exact) mass is 492 g/mol. The van der Waals surface area contributed by atoms with Crippen molar-refractivity contribution >= 4 is 28.9 Å². The summed E-state index contributed by atoms with van der Waals surface area (Å²) in [5, 5.41) is 14.3. The molecule has 1 atom stereocenters. The van der Waals surface area contributed by atoms with Gasteiger partial charge < -0.3 is 19.9 Å². The van der Waals surface area contributed by atoms with E-state index in [1.807, 2.05) is 60.7 Å². The van der Waals surface area contributed by atoms with Crippen molar-refractivity contribution in [3.63, 3.8) is 0 Å². The number of aliphatic carboxylic acids is 1. The van der Waals surface area contributed by atoms with E-state index in [1.54, 1.807) is 32.9 Å². The molecule has 8 heteroatoms. The molecular formula is C28H32N2O6. The van der Waals surface area contributed by atoms with Gasteiger partial charge in [-0.05, 0) is 49.1 Å². The van der Waals surface area contributed by atoms with Crippen molar-refractivity contribution in [2.24, 2.45) is 0 Å². The highest BCUT2D eigenvalue weighted by Gasteiger charge is 2.26. The largest absolute Gasteiger partial charge is 0.480 e. The first-order valence-electron chi connectivity index (χ1n) is 11.7. The Morgan fingerprint density at radius 1 is 0.917 bits per heavy atom. The molecule has 8 nitrogen and oxygen atoms in total. The fourth-order valence-corrected chi connectivity index (χ4v) is 3.73. The van der Waals surface area contributed by atoms with Crippen LogP contribution >= 0.6 is 0 Å². The lowest BCUT2D eigenvalue weighted by Gasteiger charge is -2.28. The fraction of sp³-hybridized carbons (Fsp3) is 0.321. The van der Waals surface area contributed by atoms with E-state index in [9.17, 15) is 19.5 Å². The van der Waals surface area contributed by atoms with Gasteiger partial charge in [0, 0.05) is 6.54 Å². The van der Waals surface area contributed by atoms with Crippen LogP contribution in [0.25, 0.3) is 10.8 Å². The molecule has 36 heavy (non-hydrogen) atoms. The first-order valence-corrected chi connectivity index (χ1v) is 11.7. The van der Waals surface area contributed by atoms with E-state index >= 15 is 0 Å². The van der Waals surface area contributed by atoms with Gasteiger partial charge in [-0.2, -0.15) is 0 Å². The summed E-state index contributed by atoms with van der Waals surface area (Å²) in [6.45, 7) is 4.61. The Morgan fingerprint density at radius 2 is 1.58 bits per heavy atom. The summed E-state index contributed by atoms with van der Waals surface area (Å²) in [4.78, 5) is 38.0. The van der Waals surface area contributed by atoms with Gasteiger partial charge in [0.15, 0.2) is 0 Å². The first-order chi connectivity index (χ1) is 17.1. The number of nitrogens with one attached hydrogen (secondary N) is 1. The molecule has 3 aromatic carbocycles. The van der Waals surface area contributed by atoms with Gasteiger partial charge in [0.2, 0.25) is 0 Å². The van der Waals surface area contributed by atoms with E-state index in [-0.39, 0.29) is 13.2 Å². The van der Waals surface area contributed by atoms with Crippen LogP contribution in [0.1, 0.15) is 31.9 Å². The highest BCUT2D eigenvalue weighted by molar-refractivity contribution is 5.83. The number of fused-ring (bicyclic) bond motifs is 1. The van der Waals surface area contributed by atoms with Crippen LogP contribution < -0.4 is 5.32 Å². The highest BCUT2D eigenvalue weighted by Crippen LogP contribution is 2.18. The number of amides is 2. The number of hydrogen-bond donors (Lipinski definition) is 2. The Hall–Kier alpha value is -4.07. The number of ether oxygens (including phenoxy) is 2. The summed E-state index contributed by atoms with van der Waals surface area (Å²) in [6.07, 6.45) is -1.08. The predicted molar refractivity (Wildman–Crippen MR) is 137 cm³/mol. The van der Waals surface area contributed by atoms with Gasteiger partial charge in [0.25, 0.3) is 0 Å². The summed E-state index contributed by atoms with van der Waals surface area (Å²) in [5.41, 5.74) is 0.982. The van der Waals surface area contributed by atoms with Gasteiger partial charge in [-0.15, -0.1) is 0 Å². The Morgan fingerprint density at radius 3 is 2.25 bits per heavy atom. The molecular weight excluding hydrogens is 460 g/mol. The Balaban J connectivity index is 1.78. The summed E-state index contributed by atoms with van der Waals surface area (Å²) in [5.74, 6) is -1.19. The van der Waals surface area contributed by atoms with Crippen LogP contribution in [0.4, 0.5) is 9.59 Å². The van der Waals surface area contributed by atoms with E-state index in [1.165, 1.54) is 0 Å². The third-order valence-corrected chi connectivity index (χ3v) is 5.25. The fourth-order valence-electron chi connectivity index (χ4n) is 3.73. The summed E-state index contributed by atoms with van der Waals surface area (Å²) >= 11 is 0. The second-order valence-electron chi connectivity index (χ2n) is 9.54. The molecule has 0 aliphatic rings. The quantitative estimate of drug-likeness (QED) is 0.436. The average molecular weight is 493 g/mol.